The summed E-state index contributed by atoms with van der Waals surface area (Å²) in [5.74, 6) is -0.885. The van der Waals surface area contributed by atoms with Crippen molar-refractivity contribution in [3.8, 4) is 0 Å². The molecule has 0 radical (unpaired) electrons. The third-order valence-electron chi connectivity index (χ3n) is 1.58. The lowest BCUT2D eigenvalue weighted by Gasteiger charge is -2.08. The van der Waals surface area contributed by atoms with E-state index in [2.05, 4.69) is 4.74 Å². The molecule has 0 aromatic rings. The van der Waals surface area contributed by atoms with Crippen LogP contribution in [0.3, 0.4) is 0 Å². The average Bonchev–Trinajstić information content (AvgIpc) is 2.29. The molecule has 0 aliphatic rings. The molecule has 17 heavy (non-hydrogen) atoms. The van der Waals surface area contributed by atoms with E-state index in [4.69, 9.17) is 14.6 Å². The van der Waals surface area contributed by atoms with Crippen molar-refractivity contribution in [2.24, 2.45) is 0 Å². The van der Waals surface area contributed by atoms with E-state index in [0.717, 1.165) is 0 Å². The molecular weight excluding hydrogens is 228 g/mol. The van der Waals surface area contributed by atoms with Crippen molar-refractivity contribution in [1.82, 2.24) is 0 Å². The standard InChI is InChI=1S/C7H14O3.C4H8O3/c1-4-9-6(3)7(8)10-5-2;1-3(5)4(6)7-2/h6H,4-5H2,1-3H3;3,5H,1-2H3. The van der Waals surface area contributed by atoms with Crippen LogP contribution in [0.1, 0.15) is 27.7 Å². The Morgan fingerprint density at radius 3 is 1.88 bits per heavy atom. The van der Waals surface area contributed by atoms with E-state index in [-0.39, 0.29) is 5.97 Å². The van der Waals surface area contributed by atoms with Crippen LogP contribution in [-0.4, -0.2) is 49.6 Å². The van der Waals surface area contributed by atoms with Crippen LogP contribution >= 0.6 is 0 Å². The monoisotopic (exact) mass is 250 g/mol. The minimum Gasteiger partial charge on any atom is -0.467 e. The van der Waals surface area contributed by atoms with Crippen LogP contribution in [0.25, 0.3) is 0 Å². The first-order valence-electron chi connectivity index (χ1n) is 5.44. The molecule has 0 aliphatic carbocycles. The molecule has 2 atom stereocenters. The summed E-state index contributed by atoms with van der Waals surface area (Å²) < 4.78 is 13.8. The van der Waals surface area contributed by atoms with Gasteiger partial charge in [-0.2, -0.15) is 0 Å². The molecule has 102 valence electrons. The Hall–Kier alpha value is -1.14. The molecule has 0 spiro atoms. The topological polar surface area (TPSA) is 82.1 Å². The lowest BCUT2D eigenvalue weighted by atomic mass is 10.4. The molecule has 2 unspecified atom stereocenters. The maximum atomic E-state index is 10.8. The van der Waals surface area contributed by atoms with Gasteiger partial charge in [0.05, 0.1) is 13.7 Å². The summed E-state index contributed by atoms with van der Waals surface area (Å²) in [6, 6.07) is 0. The molecule has 0 amide bonds. The number of rotatable bonds is 5. The number of hydrogen-bond donors (Lipinski definition) is 1. The van der Waals surface area contributed by atoms with E-state index < -0.39 is 18.2 Å². The summed E-state index contributed by atoms with van der Waals surface area (Å²) >= 11 is 0. The van der Waals surface area contributed by atoms with Gasteiger partial charge in [0.25, 0.3) is 0 Å². The minimum atomic E-state index is -0.995. The second-order valence-corrected chi connectivity index (χ2v) is 3.05. The average molecular weight is 250 g/mol. The van der Waals surface area contributed by atoms with Crippen molar-refractivity contribution in [2.75, 3.05) is 20.3 Å². The number of carbonyl (C=O) groups excluding carboxylic acids is 2. The number of aliphatic hydroxyl groups excluding tert-OH is 1. The van der Waals surface area contributed by atoms with E-state index in [0.29, 0.717) is 13.2 Å². The number of hydrogen-bond acceptors (Lipinski definition) is 6. The van der Waals surface area contributed by atoms with Crippen molar-refractivity contribution < 1.29 is 28.9 Å². The third-order valence-corrected chi connectivity index (χ3v) is 1.58. The fourth-order valence-corrected chi connectivity index (χ4v) is 0.748. The Kier molecular flexibility index (Phi) is 12.2. The highest BCUT2D eigenvalue weighted by atomic mass is 16.6. The van der Waals surface area contributed by atoms with Crippen LogP contribution < -0.4 is 0 Å². The summed E-state index contributed by atoms with van der Waals surface area (Å²) in [6.07, 6.45) is -1.42. The molecule has 6 nitrogen and oxygen atoms in total. The number of carbonyl (C=O) groups is 2. The number of aliphatic hydroxyl groups is 1. The van der Waals surface area contributed by atoms with Crippen molar-refractivity contribution in [3.05, 3.63) is 0 Å². The molecular formula is C11H22O6. The van der Waals surface area contributed by atoms with E-state index in [9.17, 15) is 9.59 Å². The molecule has 0 aromatic heterocycles. The molecule has 0 aliphatic heterocycles. The first kappa shape index (κ1) is 18.2. The van der Waals surface area contributed by atoms with Crippen LogP contribution in [0, 0.1) is 0 Å². The fraction of sp³-hybridized carbons (Fsp3) is 0.818. The first-order chi connectivity index (χ1) is 7.90. The molecule has 0 saturated carbocycles. The van der Waals surface area contributed by atoms with Crippen molar-refractivity contribution in [3.63, 3.8) is 0 Å². The third kappa shape index (κ3) is 11.1. The highest BCUT2D eigenvalue weighted by Gasteiger charge is 2.12. The molecule has 0 heterocycles. The van der Waals surface area contributed by atoms with Crippen LogP contribution in [-0.2, 0) is 23.8 Å². The second-order valence-electron chi connectivity index (χ2n) is 3.05. The Balaban J connectivity index is 0. The summed E-state index contributed by atoms with van der Waals surface area (Å²) in [5, 5.41) is 8.35. The zero-order valence-electron chi connectivity index (χ0n) is 11.1. The van der Waals surface area contributed by atoms with Crippen molar-refractivity contribution in [1.29, 1.82) is 0 Å². The van der Waals surface area contributed by atoms with Gasteiger partial charge in [0.1, 0.15) is 6.10 Å². The molecule has 0 bridgehead atoms. The van der Waals surface area contributed by atoms with Gasteiger partial charge in [0, 0.05) is 6.61 Å². The molecule has 0 saturated heterocycles. The van der Waals surface area contributed by atoms with E-state index >= 15 is 0 Å². The maximum absolute atomic E-state index is 10.8. The van der Waals surface area contributed by atoms with Gasteiger partial charge in [0.2, 0.25) is 0 Å². The first-order valence-corrected chi connectivity index (χ1v) is 5.44. The van der Waals surface area contributed by atoms with Gasteiger partial charge in [-0.25, -0.2) is 9.59 Å². The lowest BCUT2D eigenvalue weighted by Crippen LogP contribution is -2.23. The SMILES string of the molecule is CCOC(=O)C(C)OCC.COC(=O)C(C)O. The Bertz CT molecular complexity index is 214. The largest absolute Gasteiger partial charge is 0.467 e. The number of ether oxygens (including phenoxy) is 3. The van der Waals surface area contributed by atoms with Crippen LogP contribution in [0.4, 0.5) is 0 Å². The summed E-state index contributed by atoms with van der Waals surface area (Å²) in [5.41, 5.74) is 0. The Morgan fingerprint density at radius 2 is 1.65 bits per heavy atom. The molecule has 0 rings (SSSR count). The summed E-state index contributed by atoms with van der Waals surface area (Å²) in [7, 11) is 1.23. The summed E-state index contributed by atoms with van der Waals surface area (Å²) in [4.78, 5) is 20.8. The summed E-state index contributed by atoms with van der Waals surface area (Å²) in [6.45, 7) is 7.61. The Labute approximate surface area is 102 Å². The smallest absolute Gasteiger partial charge is 0.334 e. The normalized spacial score (nSPS) is 12.8. The molecule has 1 N–H and O–H groups in total. The van der Waals surface area contributed by atoms with Crippen LogP contribution in [0.5, 0.6) is 0 Å². The molecule has 6 heteroatoms. The molecule has 0 fully saturated rings. The zero-order chi connectivity index (χ0) is 13.8. The van der Waals surface area contributed by atoms with Crippen molar-refractivity contribution in [2.45, 2.75) is 39.9 Å². The van der Waals surface area contributed by atoms with Gasteiger partial charge < -0.3 is 19.3 Å². The highest BCUT2D eigenvalue weighted by molar-refractivity contribution is 5.74. The van der Waals surface area contributed by atoms with Gasteiger partial charge >= 0.3 is 11.9 Å². The predicted octanol–water partition coefficient (Wildman–Crippen LogP) is 0.515. The number of methoxy groups -OCH3 is 1. The van der Waals surface area contributed by atoms with Gasteiger partial charge in [-0.1, -0.05) is 0 Å². The van der Waals surface area contributed by atoms with Gasteiger partial charge in [-0.05, 0) is 27.7 Å². The molecule has 0 aromatic carbocycles. The number of esters is 2. The second kappa shape index (κ2) is 11.3. The minimum absolute atomic E-state index is 0.288. The highest BCUT2D eigenvalue weighted by Crippen LogP contribution is 1.93. The van der Waals surface area contributed by atoms with Gasteiger partial charge in [0.15, 0.2) is 6.10 Å². The van der Waals surface area contributed by atoms with E-state index in [1.807, 2.05) is 6.92 Å². The fourth-order valence-electron chi connectivity index (χ4n) is 0.748. The quantitative estimate of drug-likeness (QED) is 0.716. The zero-order valence-corrected chi connectivity index (χ0v) is 11.1. The van der Waals surface area contributed by atoms with E-state index in [1.54, 1.807) is 13.8 Å². The van der Waals surface area contributed by atoms with Crippen LogP contribution in [0.2, 0.25) is 0 Å². The van der Waals surface area contributed by atoms with E-state index in [1.165, 1.54) is 14.0 Å². The van der Waals surface area contributed by atoms with Gasteiger partial charge in [-0.15, -0.1) is 0 Å². The van der Waals surface area contributed by atoms with Crippen LogP contribution in [0.15, 0.2) is 0 Å². The predicted molar refractivity (Wildman–Crippen MR) is 61.4 cm³/mol. The maximum Gasteiger partial charge on any atom is 0.334 e. The Morgan fingerprint density at radius 1 is 1.12 bits per heavy atom. The van der Waals surface area contributed by atoms with Crippen molar-refractivity contribution >= 4 is 11.9 Å². The van der Waals surface area contributed by atoms with Gasteiger partial charge in [-0.3, -0.25) is 0 Å². The lowest BCUT2D eigenvalue weighted by molar-refractivity contribution is -0.155.